The largest absolute Gasteiger partial charge is 0.480 e. The molecular weight excluding hydrogens is 296 g/mol. The number of methoxy groups -OCH3 is 1. The van der Waals surface area contributed by atoms with Gasteiger partial charge in [0.2, 0.25) is 0 Å². The molecule has 23 heavy (non-hydrogen) atoms. The van der Waals surface area contributed by atoms with Gasteiger partial charge in [0.05, 0.1) is 12.2 Å². The summed E-state index contributed by atoms with van der Waals surface area (Å²) < 4.78 is 7.06. The highest BCUT2D eigenvalue weighted by molar-refractivity contribution is 6.08. The Bertz CT molecular complexity index is 733. The van der Waals surface area contributed by atoms with Crippen molar-refractivity contribution in [1.82, 2.24) is 9.88 Å². The topological polar surface area (TPSA) is 80.6 Å². The summed E-state index contributed by atoms with van der Waals surface area (Å²) in [5, 5.41) is 12.8. The Morgan fingerprint density at radius 1 is 1.39 bits per heavy atom. The Morgan fingerprint density at radius 2 is 2.13 bits per heavy atom. The van der Waals surface area contributed by atoms with Crippen LogP contribution in [0.25, 0.3) is 10.9 Å². The van der Waals surface area contributed by atoms with E-state index in [9.17, 15) is 14.7 Å². The summed E-state index contributed by atoms with van der Waals surface area (Å²) in [4.78, 5) is 23.9. The second kappa shape index (κ2) is 6.42. The molecule has 1 fully saturated rings. The number of hydrogen-bond acceptors (Lipinski definition) is 3. The number of amides is 1. The molecule has 1 aliphatic rings. The number of carboxylic acids is 1. The van der Waals surface area contributed by atoms with Crippen molar-refractivity contribution in [2.75, 3.05) is 13.7 Å². The van der Waals surface area contributed by atoms with Crippen LogP contribution in [-0.2, 0) is 16.1 Å². The molecule has 6 heteroatoms. The van der Waals surface area contributed by atoms with Gasteiger partial charge >= 0.3 is 5.97 Å². The van der Waals surface area contributed by atoms with Crippen molar-refractivity contribution in [1.29, 1.82) is 0 Å². The highest BCUT2D eigenvalue weighted by Crippen LogP contribution is 2.33. The number of rotatable bonds is 7. The van der Waals surface area contributed by atoms with Gasteiger partial charge < -0.3 is 19.7 Å². The van der Waals surface area contributed by atoms with Gasteiger partial charge in [-0.15, -0.1) is 0 Å². The van der Waals surface area contributed by atoms with Crippen molar-refractivity contribution in [3.8, 4) is 0 Å². The molecule has 0 saturated heterocycles. The molecule has 1 unspecified atom stereocenters. The van der Waals surface area contributed by atoms with Crippen molar-refractivity contribution in [3.05, 3.63) is 36.0 Å². The van der Waals surface area contributed by atoms with Gasteiger partial charge in [-0.25, -0.2) is 4.79 Å². The summed E-state index contributed by atoms with van der Waals surface area (Å²) in [5.41, 5.74) is 1.44. The second-order valence-electron chi connectivity index (χ2n) is 5.87. The molecule has 1 aromatic carbocycles. The van der Waals surface area contributed by atoms with Crippen LogP contribution in [0.2, 0.25) is 0 Å². The third-order valence-corrected chi connectivity index (χ3v) is 4.22. The van der Waals surface area contributed by atoms with E-state index in [0.717, 1.165) is 23.7 Å². The standard InChI is InChI=1S/C17H20N2O4/c1-23-9-8-19-10-13(12-4-2-3-5-14(12)19)16(20)18-15(17(21)22)11-6-7-11/h2-5,10-11,15H,6-9H2,1H3,(H,18,20)(H,21,22). The summed E-state index contributed by atoms with van der Waals surface area (Å²) in [7, 11) is 1.63. The first-order valence-electron chi connectivity index (χ1n) is 7.72. The van der Waals surface area contributed by atoms with Crippen molar-refractivity contribution in [2.45, 2.75) is 25.4 Å². The van der Waals surface area contributed by atoms with Gasteiger partial charge in [-0.3, -0.25) is 4.79 Å². The SMILES string of the molecule is COCCn1cc(C(=O)NC(C(=O)O)C2CC2)c2ccccc21. The Hall–Kier alpha value is -2.34. The van der Waals surface area contributed by atoms with Crippen LogP contribution in [0.3, 0.4) is 0 Å². The average Bonchev–Trinajstić information content (AvgIpc) is 3.31. The molecule has 6 nitrogen and oxygen atoms in total. The van der Waals surface area contributed by atoms with Crippen molar-refractivity contribution in [2.24, 2.45) is 5.92 Å². The van der Waals surface area contributed by atoms with Gasteiger partial charge in [0.1, 0.15) is 6.04 Å². The van der Waals surface area contributed by atoms with E-state index in [1.165, 1.54) is 0 Å². The smallest absolute Gasteiger partial charge is 0.326 e. The molecule has 2 aromatic rings. The molecule has 1 aliphatic carbocycles. The first kappa shape index (κ1) is 15.6. The van der Waals surface area contributed by atoms with Crippen molar-refractivity contribution < 1.29 is 19.4 Å². The lowest BCUT2D eigenvalue weighted by Crippen LogP contribution is -2.42. The number of fused-ring (bicyclic) bond motifs is 1. The minimum absolute atomic E-state index is 0.0540. The molecule has 1 saturated carbocycles. The molecule has 122 valence electrons. The van der Waals surface area contributed by atoms with Gasteiger partial charge in [-0.05, 0) is 24.8 Å². The van der Waals surface area contributed by atoms with E-state index in [0.29, 0.717) is 18.7 Å². The predicted octanol–water partition coefficient (Wildman–Crippen LogP) is 1.88. The molecule has 1 amide bonds. The number of para-hydroxylation sites is 1. The molecular formula is C17H20N2O4. The van der Waals surface area contributed by atoms with Crippen LogP contribution >= 0.6 is 0 Å². The van der Waals surface area contributed by atoms with Gasteiger partial charge in [-0.2, -0.15) is 0 Å². The van der Waals surface area contributed by atoms with Crippen LogP contribution in [0.4, 0.5) is 0 Å². The quantitative estimate of drug-likeness (QED) is 0.817. The molecule has 0 bridgehead atoms. The van der Waals surface area contributed by atoms with Crippen LogP contribution in [0.5, 0.6) is 0 Å². The first-order valence-corrected chi connectivity index (χ1v) is 7.72. The summed E-state index contributed by atoms with van der Waals surface area (Å²) in [6.07, 6.45) is 3.48. The summed E-state index contributed by atoms with van der Waals surface area (Å²) in [6, 6.07) is 6.80. The second-order valence-corrected chi connectivity index (χ2v) is 5.87. The molecule has 0 spiro atoms. The maximum absolute atomic E-state index is 12.6. The number of aliphatic carboxylic acids is 1. The minimum atomic E-state index is -0.969. The first-order chi connectivity index (χ1) is 11.1. The van der Waals surface area contributed by atoms with E-state index in [4.69, 9.17) is 4.74 Å². The lowest BCUT2D eigenvalue weighted by molar-refractivity contribution is -0.139. The Morgan fingerprint density at radius 3 is 2.78 bits per heavy atom. The number of carboxylic acid groups (broad SMARTS) is 1. The average molecular weight is 316 g/mol. The van der Waals surface area contributed by atoms with E-state index in [2.05, 4.69) is 5.32 Å². The molecule has 1 heterocycles. The highest BCUT2D eigenvalue weighted by Gasteiger charge is 2.37. The van der Waals surface area contributed by atoms with Crippen molar-refractivity contribution in [3.63, 3.8) is 0 Å². The van der Waals surface area contributed by atoms with Crippen LogP contribution in [-0.4, -0.2) is 41.3 Å². The number of benzene rings is 1. The van der Waals surface area contributed by atoms with E-state index in [1.54, 1.807) is 13.3 Å². The zero-order chi connectivity index (χ0) is 16.4. The van der Waals surface area contributed by atoms with E-state index < -0.39 is 12.0 Å². The number of aromatic nitrogens is 1. The number of nitrogens with zero attached hydrogens (tertiary/aromatic N) is 1. The number of carbonyl (C=O) groups is 2. The third kappa shape index (κ3) is 3.22. The predicted molar refractivity (Wildman–Crippen MR) is 85.4 cm³/mol. The zero-order valence-electron chi connectivity index (χ0n) is 13.0. The number of ether oxygens (including phenoxy) is 1. The summed E-state index contributed by atoms with van der Waals surface area (Å²) in [5.74, 6) is -1.25. The van der Waals surface area contributed by atoms with Crippen LogP contribution in [0, 0.1) is 5.92 Å². The number of carbonyl (C=O) groups excluding carboxylic acids is 1. The fraction of sp³-hybridized carbons (Fsp3) is 0.412. The zero-order valence-corrected chi connectivity index (χ0v) is 13.0. The minimum Gasteiger partial charge on any atom is -0.480 e. The Labute approximate surface area is 134 Å². The van der Waals surface area contributed by atoms with E-state index in [-0.39, 0.29) is 11.8 Å². The molecule has 2 N–H and O–H groups in total. The normalized spacial score (nSPS) is 15.5. The molecule has 0 aliphatic heterocycles. The monoisotopic (exact) mass is 316 g/mol. The third-order valence-electron chi connectivity index (χ3n) is 4.22. The maximum Gasteiger partial charge on any atom is 0.326 e. The van der Waals surface area contributed by atoms with Gasteiger partial charge in [0.25, 0.3) is 5.91 Å². The Balaban J connectivity index is 1.89. The van der Waals surface area contributed by atoms with Gasteiger partial charge in [-0.1, -0.05) is 18.2 Å². The van der Waals surface area contributed by atoms with Crippen LogP contribution < -0.4 is 5.32 Å². The maximum atomic E-state index is 12.6. The van der Waals surface area contributed by atoms with E-state index >= 15 is 0 Å². The summed E-state index contributed by atoms with van der Waals surface area (Å²) >= 11 is 0. The summed E-state index contributed by atoms with van der Waals surface area (Å²) in [6.45, 7) is 1.18. The fourth-order valence-electron chi connectivity index (χ4n) is 2.83. The lowest BCUT2D eigenvalue weighted by atomic mass is 10.1. The Kier molecular flexibility index (Phi) is 4.34. The van der Waals surface area contributed by atoms with Crippen LogP contribution in [0.15, 0.2) is 30.5 Å². The highest BCUT2D eigenvalue weighted by atomic mass is 16.5. The lowest BCUT2D eigenvalue weighted by Gasteiger charge is -2.13. The molecule has 0 radical (unpaired) electrons. The molecule has 1 aromatic heterocycles. The van der Waals surface area contributed by atoms with E-state index in [1.807, 2.05) is 28.8 Å². The number of nitrogens with one attached hydrogen (secondary N) is 1. The van der Waals surface area contributed by atoms with Gasteiger partial charge in [0, 0.05) is 30.8 Å². The van der Waals surface area contributed by atoms with Crippen LogP contribution in [0.1, 0.15) is 23.2 Å². The van der Waals surface area contributed by atoms with Crippen molar-refractivity contribution >= 4 is 22.8 Å². The molecule has 3 rings (SSSR count). The molecule has 1 atom stereocenters. The van der Waals surface area contributed by atoms with Gasteiger partial charge in [0.15, 0.2) is 0 Å². The fourth-order valence-corrected chi connectivity index (χ4v) is 2.83. The number of hydrogen-bond donors (Lipinski definition) is 2.